The number of para-hydroxylation sites is 1. The number of ketones is 1. The van der Waals surface area contributed by atoms with Crippen LogP contribution in [0.15, 0.2) is 53.9 Å². The maximum absolute atomic E-state index is 13.4. The van der Waals surface area contributed by atoms with Crippen LogP contribution in [0.1, 0.15) is 26.5 Å². The van der Waals surface area contributed by atoms with Crippen molar-refractivity contribution in [1.82, 2.24) is 0 Å². The molecule has 7 rings (SSSR count). The minimum Gasteiger partial charge on any atom is -0.454 e. The molecular weight excluding hydrogens is 414 g/mol. The molecule has 7 heteroatoms. The van der Waals surface area contributed by atoms with E-state index in [-0.39, 0.29) is 52.5 Å². The standard InChI is InChI=1S/C24H19NO5S/c26-18(19-6-3-9-31-19)11-30-24(29)14-4-1-2-5-17(14)25-22(27)20-12-7-8-13(16-10-15(12)16)21(20)23(25)28/h1-9,12-13,15-16,20-21H,10-11H2/t12-,13-,15-,16-,20-,21+/m0/s1. The normalized spacial score (nSPS) is 32.1. The molecule has 0 N–H and O–H groups in total. The van der Waals surface area contributed by atoms with Crippen LogP contribution < -0.4 is 4.90 Å². The molecule has 2 bridgehead atoms. The second kappa shape index (κ2) is 6.72. The summed E-state index contributed by atoms with van der Waals surface area (Å²) in [6.45, 7) is -0.391. The Morgan fingerprint density at radius 2 is 1.65 bits per heavy atom. The number of ether oxygens (including phenoxy) is 1. The van der Waals surface area contributed by atoms with Gasteiger partial charge in [0.2, 0.25) is 17.6 Å². The van der Waals surface area contributed by atoms with E-state index < -0.39 is 12.6 Å². The summed E-state index contributed by atoms with van der Waals surface area (Å²) in [5, 5.41) is 1.78. The van der Waals surface area contributed by atoms with Gasteiger partial charge in [-0.25, -0.2) is 9.69 Å². The van der Waals surface area contributed by atoms with Crippen molar-refractivity contribution in [2.75, 3.05) is 11.5 Å². The van der Waals surface area contributed by atoms with Crippen molar-refractivity contribution < 1.29 is 23.9 Å². The van der Waals surface area contributed by atoms with Crippen molar-refractivity contribution in [2.24, 2.45) is 35.5 Å². The summed E-state index contributed by atoms with van der Waals surface area (Å²) in [6, 6.07) is 9.90. The molecule has 31 heavy (non-hydrogen) atoms. The number of amides is 2. The van der Waals surface area contributed by atoms with E-state index in [0.717, 1.165) is 6.42 Å². The molecule has 0 radical (unpaired) electrons. The van der Waals surface area contributed by atoms with Crippen molar-refractivity contribution in [1.29, 1.82) is 0 Å². The van der Waals surface area contributed by atoms with E-state index in [1.807, 2.05) is 0 Å². The number of Topliss-reactive ketones (excluding diaryl/α,β-unsaturated/α-hetero) is 1. The highest BCUT2D eigenvalue weighted by atomic mass is 32.1. The molecule has 156 valence electrons. The van der Waals surface area contributed by atoms with Crippen molar-refractivity contribution in [3.63, 3.8) is 0 Å². The van der Waals surface area contributed by atoms with Gasteiger partial charge in [-0.1, -0.05) is 30.4 Å². The number of imide groups is 1. The average Bonchev–Trinajstić information content (AvgIpc) is 3.36. The Morgan fingerprint density at radius 1 is 0.968 bits per heavy atom. The van der Waals surface area contributed by atoms with Crippen molar-refractivity contribution in [2.45, 2.75) is 6.42 Å². The molecule has 1 aromatic carbocycles. The van der Waals surface area contributed by atoms with Crippen LogP contribution in [0.4, 0.5) is 5.69 Å². The number of carbonyl (C=O) groups is 4. The van der Waals surface area contributed by atoms with Crippen molar-refractivity contribution in [3.05, 3.63) is 64.4 Å². The number of carbonyl (C=O) groups excluding carboxylic acids is 4. The molecular formula is C24H19NO5S. The maximum atomic E-state index is 13.4. The fourth-order valence-electron chi connectivity index (χ4n) is 5.75. The maximum Gasteiger partial charge on any atom is 0.340 e. The van der Waals surface area contributed by atoms with Crippen LogP contribution in [-0.4, -0.2) is 30.2 Å². The quantitative estimate of drug-likeness (QED) is 0.313. The zero-order chi connectivity index (χ0) is 21.3. The fourth-order valence-corrected chi connectivity index (χ4v) is 6.40. The lowest BCUT2D eigenvalue weighted by molar-refractivity contribution is -0.124. The first-order valence-electron chi connectivity index (χ1n) is 10.5. The van der Waals surface area contributed by atoms with E-state index >= 15 is 0 Å². The molecule has 4 aliphatic carbocycles. The predicted octanol–water partition coefficient (Wildman–Crippen LogP) is 3.35. The fraction of sp³-hybridized carbons (Fsp3) is 0.333. The van der Waals surface area contributed by atoms with Gasteiger partial charge < -0.3 is 4.74 Å². The molecule has 2 heterocycles. The lowest BCUT2D eigenvalue weighted by atomic mass is 9.63. The number of benzene rings is 1. The number of anilines is 1. The Bertz CT molecular complexity index is 1120. The van der Waals surface area contributed by atoms with E-state index in [2.05, 4.69) is 12.2 Å². The molecule has 0 unspecified atom stereocenters. The zero-order valence-corrected chi connectivity index (χ0v) is 17.3. The summed E-state index contributed by atoms with van der Waals surface area (Å²) in [5.41, 5.74) is 0.362. The lowest BCUT2D eigenvalue weighted by Gasteiger charge is -2.37. The number of hydrogen-bond donors (Lipinski definition) is 0. The van der Waals surface area contributed by atoms with E-state index in [1.165, 1.54) is 22.3 Å². The van der Waals surface area contributed by atoms with Crippen LogP contribution in [0.2, 0.25) is 0 Å². The molecule has 2 amide bonds. The number of esters is 1. The van der Waals surface area contributed by atoms with Gasteiger partial charge in [-0.2, -0.15) is 0 Å². The Balaban J connectivity index is 1.27. The third-order valence-electron chi connectivity index (χ3n) is 7.16. The monoisotopic (exact) mass is 433 g/mol. The second-order valence-electron chi connectivity index (χ2n) is 8.66. The van der Waals surface area contributed by atoms with Crippen molar-refractivity contribution >= 4 is 40.6 Å². The molecule has 0 spiro atoms. The number of allylic oxidation sites excluding steroid dienone is 2. The van der Waals surface area contributed by atoms with E-state index in [4.69, 9.17) is 4.74 Å². The minimum absolute atomic E-state index is 0.115. The Hall–Kier alpha value is -3.06. The van der Waals surface area contributed by atoms with Crippen LogP contribution >= 0.6 is 11.3 Å². The van der Waals surface area contributed by atoms with Gasteiger partial charge in [0, 0.05) is 0 Å². The largest absolute Gasteiger partial charge is 0.454 e. The Labute approximate surface area is 182 Å². The molecule has 2 saturated carbocycles. The molecule has 1 saturated heterocycles. The van der Waals surface area contributed by atoms with E-state index in [9.17, 15) is 19.2 Å². The summed E-state index contributed by atoms with van der Waals surface area (Å²) < 4.78 is 5.24. The van der Waals surface area contributed by atoms with Gasteiger partial charge in [0.15, 0.2) is 6.61 Å². The summed E-state index contributed by atoms with van der Waals surface area (Å²) in [7, 11) is 0. The van der Waals surface area contributed by atoms with Gasteiger partial charge in [0.05, 0.1) is 28.0 Å². The highest BCUT2D eigenvalue weighted by Gasteiger charge is 2.67. The molecule has 6 nitrogen and oxygen atoms in total. The Kier molecular flexibility index (Phi) is 4.05. The molecule has 6 atom stereocenters. The van der Waals surface area contributed by atoms with Crippen LogP contribution in [0.3, 0.4) is 0 Å². The number of thiophene rings is 1. The lowest BCUT2D eigenvalue weighted by Crippen LogP contribution is -2.40. The number of hydrogen-bond acceptors (Lipinski definition) is 6. The van der Waals surface area contributed by atoms with E-state index in [1.54, 1.807) is 35.7 Å². The van der Waals surface area contributed by atoms with Gasteiger partial charge in [-0.3, -0.25) is 14.4 Å². The first-order chi connectivity index (χ1) is 15.1. The molecule has 1 aromatic heterocycles. The van der Waals surface area contributed by atoms with Gasteiger partial charge in [-0.15, -0.1) is 11.3 Å². The third kappa shape index (κ3) is 2.69. The average molecular weight is 433 g/mol. The second-order valence-corrected chi connectivity index (χ2v) is 9.61. The van der Waals surface area contributed by atoms with Crippen LogP contribution in [0, 0.1) is 35.5 Å². The highest BCUT2D eigenvalue weighted by Crippen LogP contribution is 2.65. The first-order valence-corrected chi connectivity index (χ1v) is 11.3. The van der Waals surface area contributed by atoms with Gasteiger partial charge in [-0.05, 0) is 53.7 Å². The predicted molar refractivity (Wildman–Crippen MR) is 113 cm³/mol. The third-order valence-corrected chi connectivity index (χ3v) is 8.07. The Morgan fingerprint density at radius 3 is 2.29 bits per heavy atom. The first kappa shape index (κ1) is 18.7. The highest BCUT2D eigenvalue weighted by molar-refractivity contribution is 7.12. The smallest absolute Gasteiger partial charge is 0.340 e. The molecule has 2 aromatic rings. The topological polar surface area (TPSA) is 80.8 Å². The SMILES string of the molecule is O=C(COC(=O)c1ccccc1N1C(=O)[C@@H]2[C@H]3C=C[C@@H]([C@@H]4C[C@@H]34)[C@@H]2C1=O)c1cccs1. The summed E-state index contributed by atoms with van der Waals surface area (Å²) in [4.78, 5) is 53.4. The number of rotatable bonds is 5. The summed E-state index contributed by atoms with van der Waals surface area (Å²) >= 11 is 1.28. The van der Waals surface area contributed by atoms with Crippen LogP contribution in [0.5, 0.6) is 0 Å². The number of nitrogens with zero attached hydrogens (tertiary/aromatic N) is 1. The van der Waals surface area contributed by atoms with E-state index in [0.29, 0.717) is 16.7 Å². The molecule has 1 aliphatic heterocycles. The molecule has 3 fully saturated rings. The minimum atomic E-state index is -0.722. The van der Waals surface area contributed by atoms with Crippen LogP contribution in [0.25, 0.3) is 0 Å². The molecule has 5 aliphatic rings. The van der Waals surface area contributed by atoms with Crippen LogP contribution in [-0.2, 0) is 14.3 Å². The van der Waals surface area contributed by atoms with Gasteiger partial charge >= 0.3 is 5.97 Å². The van der Waals surface area contributed by atoms with Gasteiger partial charge in [0.1, 0.15) is 0 Å². The van der Waals surface area contributed by atoms with Gasteiger partial charge in [0.25, 0.3) is 0 Å². The van der Waals surface area contributed by atoms with Crippen molar-refractivity contribution in [3.8, 4) is 0 Å². The zero-order valence-electron chi connectivity index (χ0n) is 16.5. The summed E-state index contributed by atoms with van der Waals surface area (Å²) in [5.74, 6) is -0.890. The summed E-state index contributed by atoms with van der Waals surface area (Å²) in [6.07, 6.45) is 5.33.